The van der Waals surface area contributed by atoms with Crippen molar-refractivity contribution < 1.29 is 13.2 Å². The Morgan fingerprint density at radius 3 is 2.57 bits per heavy atom. The molecule has 122 valence electrons. The van der Waals surface area contributed by atoms with E-state index in [2.05, 4.69) is 10.0 Å². The van der Waals surface area contributed by atoms with E-state index in [4.69, 9.17) is 23.2 Å². The quantitative estimate of drug-likeness (QED) is 0.815. The normalized spacial score (nSPS) is 14.5. The Kier molecular flexibility index (Phi) is 4.55. The van der Waals surface area contributed by atoms with Gasteiger partial charge in [0.1, 0.15) is 9.23 Å². The van der Waals surface area contributed by atoms with Gasteiger partial charge in [0.2, 0.25) is 0 Å². The first-order valence-electron chi connectivity index (χ1n) is 6.74. The fraction of sp³-hybridized carbons (Fsp3) is 0.214. The Labute approximate surface area is 147 Å². The second kappa shape index (κ2) is 6.32. The van der Waals surface area contributed by atoms with Gasteiger partial charge in [0.15, 0.2) is 0 Å². The SMILES string of the molecule is O=C(NC1CC1)c1cccc(NS(=O)(=O)c2cc(Cl)sc2Cl)c1. The number of anilines is 1. The molecule has 23 heavy (non-hydrogen) atoms. The van der Waals surface area contributed by atoms with Crippen LogP contribution in [0.2, 0.25) is 8.67 Å². The van der Waals surface area contributed by atoms with Gasteiger partial charge in [0.05, 0.1) is 4.34 Å². The Balaban J connectivity index is 1.82. The van der Waals surface area contributed by atoms with Crippen molar-refractivity contribution in [2.24, 2.45) is 0 Å². The van der Waals surface area contributed by atoms with Gasteiger partial charge in [0.25, 0.3) is 15.9 Å². The lowest BCUT2D eigenvalue weighted by Gasteiger charge is -2.09. The molecule has 5 nitrogen and oxygen atoms in total. The molecule has 0 saturated heterocycles. The summed E-state index contributed by atoms with van der Waals surface area (Å²) in [5.74, 6) is -0.217. The van der Waals surface area contributed by atoms with Crippen molar-refractivity contribution in [2.45, 2.75) is 23.8 Å². The fourth-order valence-electron chi connectivity index (χ4n) is 1.94. The van der Waals surface area contributed by atoms with Gasteiger partial charge in [-0.25, -0.2) is 8.42 Å². The van der Waals surface area contributed by atoms with Crippen molar-refractivity contribution >= 4 is 56.2 Å². The lowest BCUT2D eigenvalue weighted by molar-refractivity contribution is 0.0951. The van der Waals surface area contributed by atoms with E-state index < -0.39 is 10.0 Å². The van der Waals surface area contributed by atoms with Crippen LogP contribution >= 0.6 is 34.5 Å². The zero-order valence-corrected chi connectivity index (χ0v) is 14.8. The Hall–Kier alpha value is -1.28. The highest BCUT2D eigenvalue weighted by atomic mass is 35.5. The second-order valence-corrected chi connectivity index (χ2v) is 9.06. The first-order valence-corrected chi connectivity index (χ1v) is 9.79. The van der Waals surface area contributed by atoms with Crippen LogP contribution in [-0.4, -0.2) is 20.4 Å². The molecule has 2 N–H and O–H groups in total. The summed E-state index contributed by atoms with van der Waals surface area (Å²) in [6.45, 7) is 0. The number of hydrogen-bond acceptors (Lipinski definition) is 4. The molecular weight excluding hydrogens is 379 g/mol. The van der Waals surface area contributed by atoms with Crippen molar-refractivity contribution in [3.8, 4) is 0 Å². The van der Waals surface area contributed by atoms with Crippen molar-refractivity contribution in [1.82, 2.24) is 5.32 Å². The summed E-state index contributed by atoms with van der Waals surface area (Å²) in [7, 11) is -3.86. The van der Waals surface area contributed by atoms with Gasteiger partial charge in [-0.1, -0.05) is 29.3 Å². The van der Waals surface area contributed by atoms with Gasteiger partial charge < -0.3 is 5.32 Å². The largest absolute Gasteiger partial charge is 0.349 e. The molecule has 1 aromatic heterocycles. The van der Waals surface area contributed by atoms with E-state index in [0.717, 1.165) is 24.2 Å². The molecule has 0 aliphatic heterocycles. The minimum Gasteiger partial charge on any atom is -0.349 e. The maximum absolute atomic E-state index is 12.4. The maximum atomic E-state index is 12.4. The Morgan fingerprint density at radius 1 is 1.22 bits per heavy atom. The molecule has 0 bridgehead atoms. The summed E-state index contributed by atoms with van der Waals surface area (Å²) >= 11 is 12.7. The number of carbonyl (C=O) groups excluding carboxylic acids is 1. The third-order valence-corrected chi connectivity index (χ3v) is 6.34. The van der Waals surface area contributed by atoms with Gasteiger partial charge in [-0.05, 0) is 37.1 Å². The molecule has 0 unspecified atom stereocenters. The van der Waals surface area contributed by atoms with Crippen LogP contribution in [0.3, 0.4) is 0 Å². The number of amides is 1. The highest BCUT2D eigenvalue weighted by Gasteiger charge is 2.24. The Morgan fingerprint density at radius 2 is 1.96 bits per heavy atom. The average molecular weight is 391 g/mol. The van der Waals surface area contributed by atoms with Crippen LogP contribution in [0.1, 0.15) is 23.2 Å². The monoisotopic (exact) mass is 390 g/mol. The fourth-order valence-corrected chi connectivity index (χ4v) is 5.14. The smallest absolute Gasteiger partial charge is 0.264 e. The minimum atomic E-state index is -3.86. The van der Waals surface area contributed by atoms with Crippen molar-refractivity contribution in [2.75, 3.05) is 4.72 Å². The molecule has 0 atom stereocenters. The molecular formula is C14H12Cl2N2O3S2. The van der Waals surface area contributed by atoms with Crippen LogP contribution in [0, 0.1) is 0 Å². The molecule has 1 saturated carbocycles. The van der Waals surface area contributed by atoms with Gasteiger partial charge in [-0.2, -0.15) is 0 Å². The van der Waals surface area contributed by atoms with E-state index in [1.807, 2.05) is 0 Å². The van der Waals surface area contributed by atoms with Crippen LogP contribution in [-0.2, 0) is 10.0 Å². The van der Waals surface area contributed by atoms with Crippen molar-refractivity contribution in [3.05, 3.63) is 44.6 Å². The summed E-state index contributed by atoms with van der Waals surface area (Å²) in [5.41, 5.74) is 0.679. The summed E-state index contributed by atoms with van der Waals surface area (Å²) in [6.07, 6.45) is 1.96. The number of carbonyl (C=O) groups is 1. The average Bonchev–Trinajstić information content (AvgIpc) is 3.21. The van der Waals surface area contributed by atoms with Gasteiger partial charge in [0, 0.05) is 17.3 Å². The molecule has 9 heteroatoms. The van der Waals surface area contributed by atoms with E-state index in [1.165, 1.54) is 12.1 Å². The van der Waals surface area contributed by atoms with Gasteiger partial charge in [-0.15, -0.1) is 11.3 Å². The number of benzene rings is 1. The van der Waals surface area contributed by atoms with Gasteiger partial charge >= 0.3 is 0 Å². The molecule has 1 aliphatic carbocycles. The zero-order valence-electron chi connectivity index (χ0n) is 11.7. The van der Waals surface area contributed by atoms with Crippen LogP contribution in [0.4, 0.5) is 5.69 Å². The summed E-state index contributed by atoms with van der Waals surface area (Å²) in [5, 5.41) is 2.85. The zero-order chi connectivity index (χ0) is 16.6. The number of halogens is 2. The van der Waals surface area contributed by atoms with Crippen LogP contribution in [0.25, 0.3) is 0 Å². The standard InChI is InChI=1S/C14H12Cl2N2O3S2/c15-12-7-11(13(16)22-12)23(20,21)18-10-3-1-2-8(6-10)14(19)17-9-4-5-9/h1-3,6-7,9,18H,4-5H2,(H,17,19). The molecule has 1 aliphatic rings. The number of thiophene rings is 1. The highest BCUT2D eigenvalue weighted by molar-refractivity contribution is 7.93. The Bertz CT molecular complexity index is 861. The highest BCUT2D eigenvalue weighted by Crippen LogP contribution is 2.35. The van der Waals surface area contributed by atoms with E-state index >= 15 is 0 Å². The second-order valence-electron chi connectivity index (χ2n) is 5.12. The minimum absolute atomic E-state index is 0.0815. The van der Waals surface area contributed by atoms with E-state index in [-0.39, 0.29) is 31.2 Å². The van der Waals surface area contributed by atoms with Gasteiger partial charge in [-0.3, -0.25) is 9.52 Å². The summed E-state index contributed by atoms with van der Waals surface area (Å²) in [6, 6.07) is 7.81. The number of hydrogen-bond donors (Lipinski definition) is 2. The lowest BCUT2D eigenvalue weighted by atomic mass is 10.2. The van der Waals surface area contributed by atoms with Crippen LogP contribution in [0.5, 0.6) is 0 Å². The van der Waals surface area contributed by atoms with Crippen molar-refractivity contribution in [3.63, 3.8) is 0 Å². The van der Waals surface area contributed by atoms with Crippen molar-refractivity contribution in [1.29, 1.82) is 0 Å². The molecule has 3 rings (SSSR count). The predicted octanol–water partition coefficient (Wildman–Crippen LogP) is 3.75. The predicted molar refractivity (Wildman–Crippen MR) is 92.1 cm³/mol. The van der Waals surface area contributed by atoms with Crippen LogP contribution < -0.4 is 10.0 Å². The number of sulfonamides is 1. The summed E-state index contributed by atoms with van der Waals surface area (Å²) < 4.78 is 27.5. The summed E-state index contributed by atoms with van der Waals surface area (Å²) in [4.78, 5) is 11.9. The number of rotatable bonds is 5. The lowest BCUT2D eigenvalue weighted by Crippen LogP contribution is -2.25. The maximum Gasteiger partial charge on any atom is 0.264 e. The third kappa shape index (κ3) is 3.98. The molecule has 0 spiro atoms. The molecule has 1 amide bonds. The van der Waals surface area contributed by atoms with Crippen LogP contribution in [0.15, 0.2) is 35.2 Å². The van der Waals surface area contributed by atoms with E-state index in [1.54, 1.807) is 18.2 Å². The first kappa shape index (κ1) is 16.6. The third-order valence-electron chi connectivity index (χ3n) is 3.20. The number of nitrogens with one attached hydrogen (secondary N) is 2. The molecule has 1 fully saturated rings. The topological polar surface area (TPSA) is 75.3 Å². The first-order chi connectivity index (χ1) is 10.8. The molecule has 1 aromatic carbocycles. The van der Waals surface area contributed by atoms with E-state index in [9.17, 15) is 13.2 Å². The van der Waals surface area contributed by atoms with E-state index in [0.29, 0.717) is 5.56 Å². The molecule has 0 radical (unpaired) electrons. The molecule has 1 heterocycles. The molecule has 2 aromatic rings.